The predicted octanol–water partition coefficient (Wildman–Crippen LogP) is 3.28. The van der Waals surface area contributed by atoms with E-state index >= 15 is 0 Å². The fourth-order valence-electron chi connectivity index (χ4n) is 1.91. The molecule has 88 valence electrons. The Hall–Kier alpha value is -0.0600. The van der Waals surface area contributed by atoms with E-state index in [-0.39, 0.29) is 0 Å². The molecule has 0 aliphatic carbocycles. The molecule has 2 rings (SSSR count). The van der Waals surface area contributed by atoms with Gasteiger partial charge in [0.15, 0.2) is 0 Å². The zero-order valence-corrected chi connectivity index (χ0v) is 11.9. The maximum atomic E-state index is 4.18. The standard InChI is InChI=1S/C12H17BrN2S/c1-15-4-2-10(3-5-15)9-16-12-6-11(13)7-14-8-12/h6-8,10H,2-5,9H2,1H3. The first-order valence-electron chi connectivity index (χ1n) is 5.66. The van der Waals surface area contributed by atoms with Gasteiger partial charge in [0.25, 0.3) is 0 Å². The van der Waals surface area contributed by atoms with Gasteiger partial charge in [0.2, 0.25) is 0 Å². The highest BCUT2D eigenvalue weighted by atomic mass is 79.9. The van der Waals surface area contributed by atoms with Crippen LogP contribution in [-0.2, 0) is 0 Å². The van der Waals surface area contributed by atoms with Gasteiger partial charge in [0.05, 0.1) is 0 Å². The summed E-state index contributed by atoms with van der Waals surface area (Å²) in [6, 6.07) is 2.15. The van der Waals surface area contributed by atoms with Crippen molar-refractivity contribution in [2.24, 2.45) is 5.92 Å². The topological polar surface area (TPSA) is 16.1 Å². The molecule has 0 N–H and O–H groups in total. The Morgan fingerprint density at radius 3 is 2.88 bits per heavy atom. The Balaban J connectivity index is 1.79. The molecule has 0 unspecified atom stereocenters. The van der Waals surface area contributed by atoms with Crippen LogP contribution in [0.15, 0.2) is 27.8 Å². The number of nitrogens with zero attached hydrogens (tertiary/aromatic N) is 2. The highest BCUT2D eigenvalue weighted by Crippen LogP contribution is 2.27. The minimum Gasteiger partial charge on any atom is -0.306 e. The van der Waals surface area contributed by atoms with E-state index < -0.39 is 0 Å². The highest BCUT2D eigenvalue weighted by molar-refractivity contribution is 9.10. The van der Waals surface area contributed by atoms with Crippen LogP contribution in [-0.4, -0.2) is 35.8 Å². The molecule has 0 atom stereocenters. The number of pyridine rings is 1. The Morgan fingerprint density at radius 1 is 1.44 bits per heavy atom. The number of hydrogen-bond donors (Lipinski definition) is 0. The van der Waals surface area contributed by atoms with Crippen LogP contribution >= 0.6 is 27.7 Å². The minimum atomic E-state index is 0.875. The van der Waals surface area contributed by atoms with Gasteiger partial charge in [0, 0.05) is 27.5 Å². The maximum Gasteiger partial charge on any atom is 0.0411 e. The molecule has 0 saturated carbocycles. The summed E-state index contributed by atoms with van der Waals surface area (Å²) in [5.74, 6) is 2.10. The lowest BCUT2D eigenvalue weighted by atomic mass is 10.00. The molecular weight excluding hydrogens is 284 g/mol. The van der Waals surface area contributed by atoms with Gasteiger partial charge in [-0.25, -0.2) is 0 Å². The van der Waals surface area contributed by atoms with E-state index in [4.69, 9.17) is 0 Å². The van der Waals surface area contributed by atoms with Crippen molar-refractivity contribution in [1.29, 1.82) is 0 Å². The molecule has 1 aliphatic rings. The van der Waals surface area contributed by atoms with E-state index in [0.717, 1.165) is 10.4 Å². The number of hydrogen-bond acceptors (Lipinski definition) is 3. The van der Waals surface area contributed by atoms with E-state index in [1.807, 2.05) is 24.2 Å². The molecule has 0 spiro atoms. The second-order valence-corrected chi connectivity index (χ2v) is 6.41. The molecule has 1 saturated heterocycles. The van der Waals surface area contributed by atoms with Crippen molar-refractivity contribution in [3.8, 4) is 0 Å². The minimum absolute atomic E-state index is 0.875. The number of rotatable bonds is 3. The number of piperidine rings is 1. The molecule has 0 bridgehead atoms. The van der Waals surface area contributed by atoms with Crippen LogP contribution in [0.3, 0.4) is 0 Å². The molecule has 0 radical (unpaired) electrons. The third-order valence-electron chi connectivity index (χ3n) is 3.00. The molecule has 1 fully saturated rings. The summed E-state index contributed by atoms with van der Waals surface area (Å²) >= 11 is 5.38. The first-order chi connectivity index (χ1) is 7.74. The zero-order valence-electron chi connectivity index (χ0n) is 9.53. The van der Waals surface area contributed by atoms with Crippen LogP contribution in [0.25, 0.3) is 0 Å². The van der Waals surface area contributed by atoms with Crippen LogP contribution in [0.4, 0.5) is 0 Å². The molecule has 2 nitrogen and oxygen atoms in total. The van der Waals surface area contributed by atoms with Gasteiger partial charge in [-0.3, -0.25) is 4.98 Å². The third kappa shape index (κ3) is 3.75. The summed E-state index contributed by atoms with van der Waals surface area (Å²) in [6.07, 6.45) is 6.46. The van der Waals surface area contributed by atoms with Gasteiger partial charge in [-0.15, -0.1) is 11.8 Å². The van der Waals surface area contributed by atoms with Crippen molar-refractivity contribution in [3.05, 3.63) is 22.9 Å². The van der Waals surface area contributed by atoms with Gasteiger partial charge < -0.3 is 4.90 Å². The lowest BCUT2D eigenvalue weighted by molar-refractivity contribution is 0.232. The largest absolute Gasteiger partial charge is 0.306 e. The first kappa shape index (κ1) is 12.4. The van der Waals surface area contributed by atoms with Gasteiger partial charge in [0.1, 0.15) is 0 Å². The molecule has 1 aromatic rings. The third-order valence-corrected chi connectivity index (χ3v) is 4.63. The van der Waals surface area contributed by atoms with E-state index in [1.165, 1.54) is 36.6 Å². The summed E-state index contributed by atoms with van der Waals surface area (Å²) < 4.78 is 1.07. The summed E-state index contributed by atoms with van der Waals surface area (Å²) in [6.45, 7) is 2.50. The smallest absolute Gasteiger partial charge is 0.0411 e. The van der Waals surface area contributed by atoms with Gasteiger partial charge in [-0.1, -0.05) is 0 Å². The van der Waals surface area contributed by atoms with Crippen LogP contribution in [0.1, 0.15) is 12.8 Å². The van der Waals surface area contributed by atoms with Crippen LogP contribution in [0, 0.1) is 5.92 Å². The van der Waals surface area contributed by atoms with Crippen LogP contribution in [0.2, 0.25) is 0 Å². The molecule has 2 heterocycles. The summed E-state index contributed by atoms with van der Waals surface area (Å²) in [7, 11) is 2.21. The van der Waals surface area contributed by atoms with Gasteiger partial charge >= 0.3 is 0 Å². The molecule has 0 amide bonds. The normalized spacial score (nSPS) is 18.9. The summed E-state index contributed by atoms with van der Waals surface area (Å²) in [5, 5.41) is 0. The predicted molar refractivity (Wildman–Crippen MR) is 72.9 cm³/mol. The van der Waals surface area contributed by atoms with E-state index in [2.05, 4.69) is 38.9 Å². The van der Waals surface area contributed by atoms with E-state index in [1.54, 1.807) is 0 Å². The molecular formula is C12H17BrN2S. The van der Waals surface area contributed by atoms with E-state index in [9.17, 15) is 0 Å². The zero-order chi connectivity index (χ0) is 11.4. The number of likely N-dealkylation sites (tertiary alicyclic amines) is 1. The molecule has 0 aromatic carbocycles. The van der Waals surface area contributed by atoms with E-state index in [0.29, 0.717) is 0 Å². The Kier molecular flexibility index (Phi) is 4.67. The van der Waals surface area contributed by atoms with Crippen LogP contribution in [0.5, 0.6) is 0 Å². The number of halogens is 1. The van der Waals surface area contributed by atoms with Crippen molar-refractivity contribution >= 4 is 27.7 Å². The van der Waals surface area contributed by atoms with Crippen molar-refractivity contribution in [2.45, 2.75) is 17.7 Å². The number of thioether (sulfide) groups is 1. The Bertz CT molecular complexity index is 338. The summed E-state index contributed by atoms with van der Waals surface area (Å²) in [5.41, 5.74) is 0. The average molecular weight is 301 g/mol. The van der Waals surface area contributed by atoms with Crippen molar-refractivity contribution in [2.75, 3.05) is 25.9 Å². The van der Waals surface area contributed by atoms with Gasteiger partial charge in [-0.2, -0.15) is 0 Å². The fourth-order valence-corrected chi connectivity index (χ4v) is 3.54. The Labute approximate surface area is 110 Å². The fraction of sp³-hybridized carbons (Fsp3) is 0.583. The Morgan fingerprint density at radius 2 is 2.19 bits per heavy atom. The summed E-state index contributed by atoms with van der Waals surface area (Å²) in [4.78, 5) is 7.87. The quantitative estimate of drug-likeness (QED) is 0.797. The molecule has 4 heteroatoms. The van der Waals surface area contributed by atoms with Crippen molar-refractivity contribution in [3.63, 3.8) is 0 Å². The van der Waals surface area contributed by atoms with Gasteiger partial charge in [-0.05, 0) is 60.9 Å². The lowest BCUT2D eigenvalue weighted by Gasteiger charge is -2.28. The molecule has 16 heavy (non-hydrogen) atoms. The monoisotopic (exact) mass is 300 g/mol. The average Bonchev–Trinajstić information content (AvgIpc) is 2.28. The first-order valence-corrected chi connectivity index (χ1v) is 7.44. The molecule has 1 aliphatic heterocycles. The van der Waals surface area contributed by atoms with Crippen molar-refractivity contribution in [1.82, 2.24) is 9.88 Å². The maximum absolute atomic E-state index is 4.18. The second kappa shape index (κ2) is 6.03. The highest BCUT2D eigenvalue weighted by Gasteiger charge is 2.16. The van der Waals surface area contributed by atoms with Crippen molar-refractivity contribution < 1.29 is 0 Å². The molecule has 1 aromatic heterocycles. The lowest BCUT2D eigenvalue weighted by Crippen LogP contribution is -2.30. The SMILES string of the molecule is CN1CCC(CSc2cncc(Br)c2)CC1. The van der Waals surface area contributed by atoms with Crippen LogP contribution < -0.4 is 0 Å². The second-order valence-electron chi connectivity index (χ2n) is 4.40. The number of aromatic nitrogens is 1.